The molecule has 21 heavy (non-hydrogen) atoms. The Hall–Kier alpha value is -1.11. The van der Waals surface area contributed by atoms with Gasteiger partial charge in [-0.15, -0.1) is 0 Å². The first-order chi connectivity index (χ1) is 9.97. The van der Waals surface area contributed by atoms with E-state index in [9.17, 15) is 8.42 Å². The van der Waals surface area contributed by atoms with Crippen LogP contribution in [0, 0.1) is 0 Å². The van der Waals surface area contributed by atoms with Crippen LogP contribution in [-0.4, -0.2) is 20.8 Å². The summed E-state index contributed by atoms with van der Waals surface area (Å²) in [6.07, 6.45) is 2.15. The Morgan fingerprint density at radius 1 is 1.05 bits per heavy atom. The second-order valence-corrected chi connectivity index (χ2v) is 7.40. The molecule has 0 aliphatic heterocycles. The number of hydrogen-bond donors (Lipinski definition) is 1. The smallest absolute Gasteiger partial charge is 0.209 e. The SMILES string of the molecule is NS(=O)(=O)CCCCCOc1ccc2ccccc2c1Br. The number of primary sulfonamides is 1. The van der Waals surface area contributed by atoms with Crippen LogP contribution in [0.25, 0.3) is 10.8 Å². The first-order valence-electron chi connectivity index (χ1n) is 6.78. The summed E-state index contributed by atoms with van der Waals surface area (Å²) in [5.74, 6) is 0.840. The minimum Gasteiger partial charge on any atom is -0.492 e. The number of fused-ring (bicyclic) bond motifs is 1. The first-order valence-corrected chi connectivity index (χ1v) is 9.29. The van der Waals surface area contributed by atoms with E-state index in [1.807, 2.05) is 30.3 Å². The Kier molecular flexibility index (Phi) is 5.61. The number of unbranched alkanes of at least 4 members (excludes halogenated alkanes) is 2. The van der Waals surface area contributed by atoms with E-state index in [-0.39, 0.29) is 5.75 Å². The number of hydrogen-bond acceptors (Lipinski definition) is 3. The number of halogens is 1. The highest BCUT2D eigenvalue weighted by molar-refractivity contribution is 9.10. The van der Waals surface area contributed by atoms with Crippen LogP contribution < -0.4 is 9.88 Å². The molecule has 114 valence electrons. The van der Waals surface area contributed by atoms with Gasteiger partial charge in [-0.1, -0.05) is 30.3 Å². The van der Waals surface area contributed by atoms with Crippen molar-refractivity contribution in [1.82, 2.24) is 0 Å². The number of nitrogens with two attached hydrogens (primary N) is 1. The maximum absolute atomic E-state index is 10.8. The fourth-order valence-electron chi connectivity index (χ4n) is 2.09. The number of ether oxygens (including phenoxy) is 1. The molecule has 0 aliphatic rings. The van der Waals surface area contributed by atoms with Gasteiger partial charge in [-0.2, -0.15) is 0 Å². The van der Waals surface area contributed by atoms with Crippen LogP contribution in [0.2, 0.25) is 0 Å². The third-order valence-electron chi connectivity index (χ3n) is 3.16. The lowest BCUT2D eigenvalue weighted by molar-refractivity contribution is 0.305. The van der Waals surface area contributed by atoms with Crippen LogP contribution in [0.5, 0.6) is 5.75 Å². The third-order valence-corrected chi connectivity index (χ3v) is 4.83. The highest BCUT2D eigenvalue weighted by Gasteiger charge is 2.06. The van der Waals surface area contributed by atoms with Crippen LogP contribution in [0.4, 0.5) is 0 Å². The third kappa shape index (κ3) is 4.98. The molecule has 2 aromatic rings. The van der Waals surface area contributed by atoms with E-state index < -0.39 is 10.0 Å². The van der Waals surface area contributed by atoms with Gasteiger partial charge in [0, 0.05) is 0 Å². The van der Waals surface area contributed by atoms with Gasteiger partial charge in [0.25, 0.3) is 0 Å². The summed E-state index contributed by atoms with van der Waals surface area (Å²) in [5, 5.41) is 7.22. The van der Waals surface area contributed by atoms with Gasteiger partial charge in [0.1, 0.15) is 5.75 Å². The Morgan fingerprint density at radius 2 is 1.81 bits per heavy atom. The van der Waals surface area contributed by atoms with Gasteiger partial charge in [-0.3, -0.25) is 0 Å². The molecule has 0 unspecified atom stereocenters. The maximum atomic E-state index is 10.8. The summed E-state index contributed by atoms with van der Waals surface area (Å²) in [6, 6.07) is 12.0. The zero-order valence-electron chi connectivity index (χ0n) is 11.6. The highest BCUT2D eigenvalue weighted by atomic mass is 79.9. The molecule has 0 amide bonds. The van der Waals surface area contributed by atoms with E-state index in [1.165, 1.54) is 0 Å². The minimum atomic E-state index is -3.34. The van der Waals surface area contributed by atoms with E-state index in [0.717, 1.165) is 33.8 Å². The van der Waals surface area contributed by atoms with Crippen LogP contribution in [0.1, 0.15) is 19.3 Å². The zero-order chi connectivity index (χ0) is 15.3. The normalized spacial score (nSPS) is 11.7. The van der Waals surface area contributed by atoms with Crippen molar-refractivity contribution in [3.8, 4) is 5.75 Å². The molecule has 2 aromatic carbocycles. The van der Waals surface area contributed by atoms with Crippen molar-refractivity contribution < 1.29 is 13.2 Å². The van der Waals surface area contributed by atoms with Gasteiger partial charge in [0.2, 0.25) is 10.0 Å². The topological polar surface area (TPSA) is 69.4 Å². The lowest BCUT2D eigenvalue weighted by Gasteiger charge is -2.10. The standard InChI is InChI=1S/C15H18BrNO3S/c16-15-13-7-3-2-6-12(13)8-9-14(15)20-10-4-1-5-11-21(17,18)19/h2-3,6-9H,1,4-5,10-11H2,(H2,17,18,19). The molecule has 0 bridgehead atoms. The van der Waals surface area contributed by atoms with Crippen LogP contribution >= 0.6 is 15.9 Å². The van der Waals surface area contributed by atoms with Gasteiger partial charge in [0.05, 0.1) is 16.8 Å². The van der Waals surface area contributed by atoms with Crippen LogP contribution in [0.15, 0.2) is 40.9 Å². The molecule has 0 saturated carbocycles. The summed E-state index contributed by atoms with van der Waals surface area (Å²) >= 11 is 3.57. The monoisotopic (exact) mass is 371 g/mol. The molecule has 6 heteroatoms. The van der Waals surface area contributed by atoms with Gasteiger partial charge in [-0.25, -0.2) is 13.6 Å². The molecule has 0 radical (unpaired) electrons. The van der Waals surface area contributed by atoms with E-state index >= 15 is 0 Å². The van der Waals surface area contributed by atoms with E-state index in [4.69, 9.17) is 9.88 Å². The number of benzene rings is 2. The van der Waals surface area contributed by atoms with Crippen molar-refractivity contribution in [2.75, 3.05) is 12.4 Å². The molecule has 0 saturated heterocycles. The van der Waals surface area contributed by atoms with Gasteiger partial charge in [0.15, 0.2) is 0 Å². The Bertz CT molecular complexity index is 716. The lowest BCUT2D eigenvalue weighted by atomic mass is 10.1. The predicted octanol–water partition coefficient (Wildman–Crippen LogP) is 3.44. The maximum Gasteiger partial charge on any atom is 0.209 e. The summed E-state index contributed by atoms with van der Waals surface area (Å²) in [4.78, 5) is 0. The fourth-order valence-corrected chi connectivity index (χ4v) is 3.30. The van der Waals surface area contributed by atoms with Crippen molar-refractivity contribution >= 4 is 36.7 Å². The number of sulfonamides is 1. The average Bonchev–Trinajstić information content (AvgIpc) is 2.44. The van der Waals surface area contributed by atoms with Gasteiger partial charge >= 0.3 is 0 Å². The molecule has 0 aromatic heterocycles. The van der Waals surface area contributed by atoms with Crippen molar-refractivity contribution in [2.24, 2.45) is 5.14 Å². The first kappa shape index (κ1) is 16.3. The molecular weight excluding hydrogens is 354 g/mol. The molecule has 0 spiro atoms. The van der Waals surface area contributed by atoms with Crippen LogP contribution in [0.3, 0.4) is 0 Å². The highest BCUT2D eigenvalue weighted by Crippen LogP contribution is 2.33. The van der Waals surface area contributed by atoms with Crippen molar-refractivity contribution in [2.45, 2.75) is 19.3 Å². The minimum absolute atomic E-state index is 0.0344. The Balaban J connectivity index is 1.85. The molecule has 2 N–H and O–H groups in total. The average molecular weight is 372 g/mol. The molecule has 0 heterocycles. The molecule has 0 fully saturated rings. The summed E-state index contributed by atoms with van der Waals surface area (Å²) in [6.45, 7) is 0.557. The Labute approximate surface area is 133 Å². The van der Waals surface area contributed by atoms with Crippen molar-refractivity contribution in [3.63, 3.8) is 0 Å². The molecule has 2 rings (SSSR count). The van der Waals surface area contributed by atoms with Gasteiger partial charge in [-0.05, 0) is 52.0 Å². The molecule has 0 atom stereocenters. The number of rotatable bonds is 7. The largest absolute Gasteiger partial charge is 0.492 e. The van der Waals surface area contributed by atoms with Crippen molar-refractivity contribution in [3.05, 3.63) is 40.9 Å². The molecule has 4 nitrogen and oxygen atoms in total. The second kappa shape index (κ2) is 7.24. The molecular formula is C15H18BrNO3S. The lowest BCUT2D eigenvalue weighted by Crippen LogP contribution is -2.16. The fraction of sp³-hybridized carbons (Fsp3) is 0.333. The van der Waals surface area contributed by atoms with E-state index in [1.54, 1.807) is 0 Å². The summed E-state index contributed by atoms with van der Waals surface area (Å²) in [5.41, 5.74) is 0. The van der Waals surface area contributed by atoms with Crippen LogP contribution in [-0.2, 0) is 10.0 Å². The quantitative estimate of drug-likeness (QED) is 0.757. The second-order valence-electron chi connectivity index (χ2n) is 4.87. The van der Waals surface area contributed by atoms with E-state index in [2.05, 4.69) is 22.0 Å². The summed E-state index contributed by atoms with van der Waals surface area (Å²) < 4.78 is 28.3. The molecule has 0 aliphatic carbocycles. The predicted molar refractivity (Wildman–Crippen MR) is 89.0 cm³/mol. The van der Waals surface area contributed by atoms with Crippen molar-refractivity contribution in [1.29, 1.82) is 0 Å². The van der Waals surface area contributed by atoms with Gasteiger partial charge < -0.3 is 4.74 Å². The van der Waals surface area contributed by atoms with E-state index in [0.29, 0.717) is 13.0 Å². The summed E-state index contributed by atoms with van der Waals surface area (Å²) in [7, 11) is -3.34. The Morgan fingerprint density at radius 3 is 2.57 bits per heavy atom. The zero-order valence-corrected chi connectivity index (χ0v) is 14.0.